The standard InChI is InChI=1S/C18H15FN2O3/c19-12-5-6-16-14(9-12)15(18(24)21-16)10-20-13-3-1-2-11(8-13)4-7-17(22)23/h1-3,5-6,8-10,21,24H,4,7H2,(H,22,23). The van der Waals surface area contributed by atoms with Crippen molar-refractivity contribution in [2.24, 2.45) is 4.99 Å². The van der Waals surface area contributed by atoms with Gasteiger partial charge in [0.25, 0.3) is 0 Å². The van der Waals surface area contributed by atoms with E-state index in [9.17, 15) is 14.3 Å². The summed E-state index contributed by atoms with van der Waals surface area (Å²) in [7, 11) is 0. The molecule has 0 spiro atoms. The van der Waals surface area contributed by atoms with Gasteiger partial charge in [-0.1, -0.05) is 12.1 Å². The Morgan fingerprint density at radius 2 is 2.08 bits per heavy atom. The fraction of sp³-hybridized carbons (Fsp3) is 0.111. The smallest absolute Gasteiger partial charge is 0.303 e. The van der Waals surface area contributed by atoms with E-state index in [2.05, 4.69) is 9.98 Å². The van der Waals surface area contributed by atoms with Crippen molar-refractivity contribution in [1.82, 2.24) is 4.98 Å². The third kappa shape index (κ3) is 3.43. The topological polar surface area (TPSA) is 85.7 Å². The van der Waals surface area contributed by atoms with Gasteiger partial charge in [0.1, 0.15) is 5.82 Å². The fourth-order valence-electron chi connectivity index (χ4n) is 2.48. The van der Waals surface area contributed by atoms with E-state index in [0.29, 0.717) is 28.6 Å². The minimum Gasteiger partial charge on any atom is -0.494 e. The highest BCUT2D eigenvalue weighted by Gasteiger charge is 2.09. The number of fused-ring (bicyclic) bond motifs is 1. The first-order chi connectivity index (χ1) is 11.5. The zero-order chi connectivity index (χ0) is 17.1. The number of hydrogen-bond acceptors (Lipinski definition) is 3. The first kappa shape index (κ1) is 15.7. The van der Waals surface area contributed by atoms with Crippen LogP contribution in [0, 0.1) is 5.82 Å². The van der Waals surface area contributed by atoms with E-state index in [0.717, 1.165) is 5.56 Å². The number of carboxylic acids is 1. The molecule has 0 bridgehead atoms. The number of halogens is 1. The summed E-state index contributed by atoms with van der Waals surface area (Å²) in [5, 5.41) is 19.2. The van der Waals surface area contributed by atoms with E-state index in [1.54, 1.807) is 24.3 Å². The Kier molecular flexibility index (Phi) is 4.29. The van der Waals surface area contributed by atoms with Gasteiger partial charge < -0.3 is 15.2 Å². The van der Waals surface area contributed by atoms with Crippen LogP contribution in [0.4, 0.5) is 10.1 Å². The number of aliphatic imine (C=N–C) groups is 1. The van der Waals surface area contributed by atoms with Crippen LogP contribution >= 0.6 is 0 Å². The van der Waals surface area contributed by atoms with Crippen molar-refractivity contribution >= 4 is 28.8 Å². The van der Waals surface area contributed by atoms with Gasteiger partial charge in [-0.2, -0.15) is 0 Å². The lowest BCUT2D eigenvalue weighted by atomic mass is 10.1. The Labute approximate surface area is 137 Å². The van der Waals surface area contributed by atoms with Gasteiger partial charge in [-0.3, -0.25) is 9.79 Å². The summed E-state index contributed by atoms with van der Waals surface area (Å²) in [5.74, 6) is -1.33. The summed E-state index contributed by atoms with van der Waals surface area (Å²) in [6.45, 7) is 0. The molecule has 122 valence electrons. The SMILES string of the molecule is O=C(O)CCc1cccc(N=Cc2c(O)[nH]c3ccc(F)cc23)c1. The third-order valence-electron chi connectivity index (χ3n) is 3.66. The van der Waals surface area contributed by atoms with Gasteiger partial charge >= 0.3 is 5.97 Å². The van der Waals surface area contributed by atoms with E-state index in [1.165, 1.54) is 18.3 Å². The van der Waals surface area contributed by atoms with E-state index in [-0.39, 0.29) is 12.3 Å². The number of carboxylic acid groups (broad SMARTS) is 1. The Morgan fingerprint density at radius 1 is 1.25 bits per heavy atom. The predicted octanol–water partition coefficient (Wildman–Crippen LogP) is 3.78. The van der Waals surface area contributed by atoms with Crippen LogP contribution in [-0.4, -0.2) is 27.4 Å². The first-order valence-electron chi connectivity index (χ1n) is 7.38. The van der Waals surface area contributed by atoms with Gasteiger partial charge in [-0.25, -0.2) is 4.39 Å². The number of benzene rings is 2. The molecule has 0 atom stereocenters. The second-order valence-corrected chi connectivity index (χ2v) is 5.40. The normalized spacial score (nSPS) is 11.4. The summed E-state index contributed by atoms with van der Waals surface area (Å²) in [6, 6.07) is 11.4. The first-order valence-corrected chi connectivity index (χ1v) is 7.38. The van der Waals surface area contributed by atoms with Crippen molar-refractivity contribution in [2.45, 2.75) is 12.8 Å². The van der Waals surface area contributed by atoms with Gasteiger partial charge in [0, 0.05) is 23.5 Å². The van der Waals surface area contributed by atoms with Gasteiger partial charge in [0.05, 0.1) is 11.3 Å². The number of aliphatic carboxylic acids is 1. The van der Waals surface area contributed by atoms with Crippen LogP contribution in [0.15, 0.2) is 47.5 Å². The summed E-state index contributed by atoms with van der Waals surface area (Å²) in [5.41, 5.74) is 2.51. The minimum absolute atomic E-state index is 0.0513. The highest BCUT2D eigenvalue weighted by molar-refractivity contribution is 6.02. The monoisotopic (exact) mass is 326 g/mol. The van der Waals surface area contributed by atoms with E-state index < -0.39 is 11.8 Å². The second kappa shape index (κ2) is 6.54. The average molecular weight is 326 g/mol. The van der Waals surface area contributed by atoms with Crippen molar-refractivity contribution in [3.63, 3.8) is 0 Å². The number of aromatic amines is 1. The molecule has 0 unspecified atom stereocenters. The number of aryl methyl sites for hydroxylation is 1. The lowest BCUT2D eigenvalue weighted by Gasteiger charge is -2.00. The van der Waals surface area contributed by atoms with E-state index in [4.69, 9.17) is 5.11 Å². The fourth-order valence-corrected chi connectivity index (χ4v) is 2.48. The van der Waals surface area contributed by atoms with Crippen molar-refractivity contribution < 1.29 is 19.4 Å². The average Bonchev–Trinajstić information content (AvgIpc) is 2.86. The molecule has 3 rings (SSSR count). The molecular weight excluding hydrogens is 311 g/mol. The molecule has 0 aliphatic carbocycles. The van der Waals surface area contributed by atoms with Gasteiger partial charge in [-0.05, 0) is 42.3 Å². The summed E-state index contributed by atoms with van der Waals surface area (Å²) < 4.78 is 13.4. The number of aromatic nitrogens is 1. The van der Waals surface area contributed by atoms with Crippen molar-refractivity contribution in [3.05, 3.63) is 59.4 Å². The maximum Gasteiger partial charge on any atom is 0.303 e. The maximum absolute atomic E-state index is 13.4. The molecule has 6 heteroatoms. The molecular formula is C18H15FN2O3. The Balaban J connectivity index is 1.88. The molecule has 24 heavy (non-hydrogen) atoms. The third-order valence-corrected chi connectivity index (χ3v) is 3.66. The lowest BCUT2D eigenvalue weighted by molar-refractivity contribution is -0.136. The molecule has 0 fully saturated rings. The number of nitrogens with zero attached hydrogens (tertiary/aromatic N) is 1. The number of aromatic hydroxyl groups is 1. The van der Waals surface area contributed by atoms with Crippen molar-refractivity contribution in [2.75, 3.05) is 0 Å². The highest BCUT2D eigenvalue weighted by atomic mass is 19.1. The molecule has 0 aliphatic heterocycles. The highest BCUT2D eigenvalue weighted by Crippen LogP contribution is 2.27. The molecule has 2 aromatic carbocycles. The van der Waals surface area contributed by atoms with Crippen LogP contribution < -0.4 is 0 Å². The van der Waals surface area contributed by atoms with E-state index in [1.807, 2.05) is 6.07 Å². The maximum atomic E-state index is 13.4. The molecule has 1 aromatic heterocycles. The summed E-state index contributed by atoms with van der Waals surface area (Å²) >= 11 is 0. The molecule has 3 aromatic rings. The molecule has 3 N–H and O–H groups in total. The molecule has 0 saturated carbocycles. The van der Waals surface area contributed by atoms with Gasteiger partial charge in [0.2, 0.25) is 0 Å². The molecule has 0 aliphatic rings. The summed E-state index contributed by atoms with van der Waals surface area (Å²) in [4.78, 5) is 17.7. The lowest BCUT2D eigenvalue weighted by Crippen LogP contribution is -1.96. The molecule has 0 amide bonds. The number of rotatable bonds is 5. The molecule has 5 nitrogen and oxygen atoms in total. The van der Waals surface area contributed by atoms with Gasteiger partial charge in [0.15, 0.2) is 5.88 Å². The largest absolute Gasteiger partial charge is 0.494 e. The number of nitrogens with one attached hydrogen (secondary N) is 1. The zero-order valence-corrected chi connectivity index (χ0v) is 12.7. The van der Waals surface area contributed by atoms with Crippen molar-refractivity contribution in [3.8, 4) is 5.88 Å². The number of hydrogen-bond donors (Lipinski definition) is 3. The van der Waals surface area contributed by atoms with E-state index >= 15 is 0 Å². The Bertz CT molecular complexity index is 931. The minimum atomic E-state index is -0.852. The predicted molar refractivity (Wildman–Crippen MR) is 89.6 cm³/mol. The zero-order valence-electron chi connectivity index (χ0n) is 12.7. The molecule has 1 heterocycles. The van der Waals surface area contributed by atoms with Gasteiger partial charge in [-0.15, -0.1) is 0 Å². The molecule has 0 radical (unpaired) electrons. The van der Waals surface area contributed by atoms with Crippen LogP contribution in [0.2, 0.25) is 0 Å². The Hall–Kier alpha value is -3.15. The Morgan fingerprint density at radius 3 is 2.88 bits per heavy atom. The van der Waals surface area contributed by atoms with Crippen LogP contribution in [0.1, 0.15) is 17.5 Å². The number of H-pyrrole nitrogens is 1. The van der Waals surface area contributed by atoms with Crippen LogP contribution in [-0.2, 0) is 11.2 Å². The molecule has 0 saturated heterocycles. The van der Waals surface area contributed by atoms with Crippen LogP contribution in [0.25, 0.3) is 10.9 Å². The quantitative estimate of drug-likeness (QED) is 0.624. The summed E-state index contributed by atoms with van der Waals surface area (Å²) in [6.07, 6.45) is 1.93. The second-order valence-electron chi connectivity index (χ2n) is 5.40. The number of carbonyl (C=O) groups is 1. The van der Waals surface area contributed by atoms with Crippen molar-refractivity contribution in [1.29, 1.82) is 0 Å². The van der Waals surface area contributed by atoms with Crippen LogP contribution in [0.3, 0.4) is 0 Å². The van der Waals surface area contributed by atoms with Crippen LogP contribution in [0.5, 0.6) is 5.88 Å².